The summed E-state index contributed by atoms with van der Waals surface area (Å²) < 4.78 is 0. The Labute approximate surface area is 201 Å². The molecule has 178 valence electrons. The number of nitro benzene ring substituents is 1. The molecule has 0 aliphatic rings. The van der Waals surface area contributed by atoms with Gasteiger partial charge in [-0.15, -0.1) is 0 Å². The van der Waals surface area contributed by atoms with E-state index >= 15 is 0 Å². The number of para-hydroxylation sites is 1. The first-order valence-electron chi connectivity index (χ1n) is 12.2. The van der Waals surface area contributed by atoms with Crippen LogP contribution in [-0.2, 0) is 0 Å². The van der Waals surface area contributed by atoms with E-state index in [0.717, 1.165) is 62.3 Å². The van der Waals surface area contributed by atoms with Crippen molar-refractivity contribution in [2.24, 2.45) is 0 Å². The zero-order chi connectivity index (χ0) is 24.3. The number of benzene rings is 2. The molecule has 0 saturated heterocycles. The molecule has 0 saturated carbocycles. The Morgan fingerprint density at radius 2 is 1.74 bits per heavy atom. The van der Waals surface area contributed by atoms with Gasteiger partial charge in [-0.05, 0) is 49.0 Å². The second-order valence-corrected chi connectivity index (χ2v) is 8.47. The van der Waals surface area contributed by atoms with Crippen molar-refractivity contribution in [1.82, 2.24) is 4.98 Å². The summed E-state index contributed by atoms with van der Waals surface area (Å²) in [7, 11) is 0. The Bertz CT molecular complexity index is 1170. The molecule has 1 N–H and O–H groups in total. The first-order valence-corrected chi connectivity index (χ1v) is 12.2. The fourth-order valence-electron chi connectivity index (χ4n) is 4.17. The van der Waals surface area contributed by atoms with Crippen LogP contribution in [0.3, 0.4) is 0 Å². The summed E-state index contributed by atoms with van der Waals surface area (Å²) in [5.41, 5.74) is 2.77. The lowest BCUT2D eigenvalue weighted by Crippen LogP contribution is -2.17. The number of rotatable bonds is 12. The normalized spacial score (nSPS) is 11.5. The van der Waals surface area contributed by atoms with Gasteiger partial charge >= 0.3 is 0 Å². The summed E-state index contributed by atoms with van der Waals surface area (Å²) in [5, 5.41) is 15.7. The average Bonchev–Trinajstić information content (AvgIpc) is 2.85. The number of carbonyl (C=O) groups is 1. The van der Waals surface area contributed by atoms with E-state index in [1.165, 1.54) is 6.07 Å². The fraction of sp³-hybridized carbons (Fsp3) is 0.357. The van der Waals surface area contributed by atoms with Gasteiger partial charge in [0.25, 0.3) is 11.6 Å². The summed E-state index contributed by atoms with van der Waals surface area (Å²) in [6.07, 6.45) is 12.0. The number of allylic oxidation sites excluding steroid dienone is 2. The van der Waals surface area contributed by atoms with E-state index in [1.54, 1.807) is 18.3 Å². The first kappa shape index (κ1) is 25.1. The van der Waals surface area contributed by atoms with Gasteiger partial charge in [0.2, 0.25) is 0 Å². The molecule has 0 fully saturated rings. The van der Waals surface area contributed by atoms with Crippen LogP contribution in [0.5, 0.6) is 0 Å². The van der Waals surface area contributed by atoms with E-state index in [4.69, 9.17) is 0 Å². The van der Waals surface area contributed by atoms with Gasteiger partial charge in [0.1, 0.15) is 5.56 Å². The zero-order valence-corrected chi connectivity index (χ0v) is 20.0. The van der Waals surface area contributed by atoms with Crippen LogP contribution in [0.25, 0.3) is 16.5 Å². The molecule has 34 heavy (non-hydrogen) atoms. The highest BCUT2D eigenvalue weighted by Crippen LogP contribution is 2.32. The van der Waals surface area contributed by atoms with Crippen molar-refractivity contribution in [3.63, 3.8) is 0 Å². The lowest BCUT2D eigenvalue weighted by molar-refractivity contribution is -0.385. The number of fused-ring (bicyclic) bond motifs is 1. The number of carbonyl (C=O) groups excluding carboxylic acids is 1. The molecule has 0 spiro atoms. The molecule has 0 aliphatic carbocycles. The van der Waals surface area contributed by atoms with E-state index in [2.05, 4.69) is 30.2 Å². The number of anilines is 1. The van der Waals surface area contributed by atoms with Gasteiger partial charge in [-0.2, -0.15) is 0 Å². The number of nitrogens with zero attached hydrogens (tertiary/aromatic N) is 2. The third-order valence-electron chi connectivity index (χ3n) is 5.94. The van der Waals surface area contributed by atoms with E-state index in [-0.39, 0.29) is 11.3 Å². The van der Waals surface area contributed by atoms with Crippen molar-refractivity contribution in [3.05, 3.63) is 82.0 Å². The van der Waals surface area contributed by atoms with Crippen LogP contribution in [0, 0.1) is 10.1 Å². The molecule has 3 rings (SSSR count). The maximum atomic E-state index is 13.5. The molecule has 1 heterocycles. The summed E-state index contributed by atoms with van der Waals surface area (Å²) in [4.78, 5) is 29.4. The van der Waals surface area contributed by atoms with Crippen LogP contribution in [0.1, 0.15) is 81.1 Å². The fourth-order valence-corrected chi connectivity index (χ4v) is 4.17. The molecule has 0 aliphatic heterocycles. The third kappa shape index (κ3) is 6.28. The number of unbranched alkanes of at least 4 members (excludes halogenated alkanes) is 5. The smallest absolute Gasteiger partial charge is 0.282 e. The zero-order valence-electron chi connectivity index (χ0n) is 20.0. The van der Waals surface area contributed by atoms with Crippen LogP contribution in [-0.4, -0.2) is 15.8 Å². The minimum atomic E-state index is -0.490. The largest absolute Gasteiger partial charge is 0.320 e. The second-order valence-electron chi connectivity index (χ2n) is 8.47. The minimum Gasteiger partial charge on any atom is -0.320 e. The highest BCUT2D eigenvalue weighted by atomic mass is 16.6. The van der Waals surface area contributed by atoms with Crippen LogP contribution in [0.2, 0.25) is 0 Å². The molecule has 3 aromatic rings. The molecule has 1 amide bonds. The number of aromatic nitrogens is 1. The van der Waals surface area contributed by atoms with Crippen molar-refractivity contribution in [2.45, 2.75) is 65.2 Å². The molecule has 6 heteroatoms. The number of hydrogen-bond donors (Lipinski definition) is 1. The number of pyridine rings is 1. The number of nitro groups is 1. The highest BCUT2D eigenvalue weighted by molar-refractivity contribution is 6.12. The molecule has 0 radical (unpaired) electrons. The molecular formula is C28H33N3O3. The Morgan fingerprint density at radius 1 is 1.00 bits per heavy atom. The predicted molar refractivity (Wildman–Crippen MR) is 139 cm³/mol. The predicted octanol–water partition coefficient (Wildman–Crippen LogP) is 7.94. The Balaban J connectivity index is 2.03. The molecule has 6 nitrogen and oxygen atoms in total. The van der Waals surface area contributed by atoms with Crippen molar-refractivity contribution in [2.75, 3.05) is 5.32 Å². The Kier molecular flexibility index (Phi) is 9.32. The standard InChI is InChI=1S/C28H33N3O3/c1-3-5-7-9-14-21(13-8-6-4-2)23-17-11-19-25(31(33)34)26(23)28(32)30-24-18-10-15-22-16-12-20-29-27(22)24/h10-12,14-20H,3-9,13H2,1-2H3,(H,30,32)/b21-14+. The van der Waals surface area contributed by atoms with Crippen LogP contribution in [0.15, 0.2) is 60.8 Å². The van der Waals surface area contributed by atoms with Gasteiger partial charge in [-0.25, -0.2) is 0 Å². The van der Waals surface area contributed by atoms with E-state index in [1.807, 2.05) is 30.3 Å². The third-order valence-corrected chi connectivity index (χ3v) is 5.94. The van der Waals surface area contributed by atoms with Gasteiger partial charge < -0.3 is 5.32 Å². The maximum Gasteiger partial charge on any atom is 0.282 e. The van der Waals surface area contributed by atoms with Crippen molar-refractivity contribution >= 4 is 33.8 Å². The highest BCUT2D eigenvalue weighted by Gasteiger charge is 2.26. The first-order chi connectivity index (χ1) is 16.6. The lowest BCUT2D eigenvalue weighted by Gasteiger charge is -2.15. The monoisotopic (exact) mass is 459 g/mol. The Morgan fingerprint density at radius 3 is 2.50 bits per heavy atom. The van der Waals surface area contributed by atoms with E-state index < -0.39 is 10.8 Å². The Hall–Kier alpha value is -3.54. The van der Waals surface area contributed by atoms with Crippen LogP contribution >= 0.6 is 0 Å². The van der Waals surface area contributed by atoms with E-state index in [9.17, 15) is 14.9 Å². The number of nitrogens with one attached hydrogen (secondary N) is 1. The molecular weight excluding hydrogens is 426 g/mol. The van der Waals surface area contributed by atoms with Crippen molar-refractivity contribution < 1.29 is 9.72 Å². The van der Waals surface area contributed by atoms with Gasteiger partial charge in [0.05, 0.1) is 16.1 Å². The minimum absolute atomic E-state index is 0.110. The lowest BCUT2D eigenvalue weighted by atomic mass is 9.92. The summed E-state index contributed by atoms with van der Waals surface area (Å²) >= 11 is 0. The molecule has 1 aromatic heterocycles. The van der Waals surface area contributed by atoms with Gasteiger partial charge in [-0.1, -0.05) is 75.9 Å². The van der Waals surface area contributed by atoms with Gasteiger partial charge in [-0.3, -0.25) is 19.9 Å². The molecule has 2 aromatic carbocycles. The molecule has 0 atom stereocenters. The topological polar surface area (TPSA) is 85.1 Å². The quantitative estimate of drug-likeness (QED) is 0.169. The second kappa shape index (κ2) is 12.6. The average molecular weight is 460 g/mol. The summed E-state index contributed by atoms with van der Waals surface area (Å²) in [6.45, 7) is 4.31. The van der Waals surface area contributed by atoms with Crippen molar-refractivity contribution in [1.29, 1.82) is 0 Å². The summed E-state index contributed by atoms with van der Waals surface area (Å²) in [5.74, 6) is -0.490. The molecule has 0 bridgehead atoms. The van der Waals surface area contributed by atoms with Crippen LogP contribution < -0.4 is 5.32 Å². The maximum absolute atomic E-state index is 13.5. The summed E-state index contributed by atoms with van der Waals surface area (Å²) in [6, 6.07) is 14.2. The van der Waals surface area contributed by atoms with Crippen LogP contribution in [0.4, 0.5) is 11.4 Å². The van der Waals surface area contributed by atoms with E-state index in [0.29, 0.717) is 16.8 Å². The number of hydrogen-bond acceptors (Lipinski definition) is 4. The SMILES string of the molecule is CCCCC/C=C(\CCCCC)c1cccc([N+](=O)[O-])c1C(=O)Nc1cccc2cccnc12. The van der Waals surface area contributed by atoms with Crippen molar-refractivity contribution in [3.8, 4) is 0 Å². The number of amides is 1. The van der Waals surface area contributed by atoms with Gasteiger partial charge in [0, 0.05) is 17.6 Å². The van der Waals surface area contributed by atoms with Gasteiger partial charge in [0.15, 0.2) is 0 Å². The molecule has 0 unspecified atom stereocenters.